The first-order chi connectivity index (χ1) is 5.15. The third-order valence-corrected chi connectivity index (χ3v) is 1.67. The molecule has 2 N–H and O–H groups in total. The first kappa shape index (κ1) is 8.20. The van der Waals surface area contributed by atoms with E-state index in [1.165, 1.54) is 0 Å². The summed E-state index contributed by atoms with van der Waals surface area (Å²) in [5.41, 5.74) is 5.79. The predicted molar refractivity (Wildman–Crippen MR) is 43.0 cm³/mol. The van der Waals surface area contributed by atoms with E-state index < -0.39 is 0 Å². The maximum Gasteiger partial charge on any atom is 0.147 e. The van der Waals surface area contributed by atoms with Gasteiger partial charge in [0.05, 0.1) is 6.04 Å². The summed E-state index contributed by atoms with van der Waals surface area (Å²) in [6, 6.07) is 0.0150. The molecule has 0 radical (unpaired) electrons. The van der Waals surface area contributed by atoms with Crippen LogP contribution in [0.4, 0.5) is 0 Å². The number of nitrogens with two attached hydrogens (primary N) is 1. The minimum absolute atomic E-state index is 0.0150. The molecule has 0 bridgehead atoms. The molecule has 1 aromatic heterocycles. The molecule has 4 heteroatoms. The van der Waals surface area contributed by atoms with Gasteiger partial charge in [-0.05, 0) is 13.3 Å². The summed E-state index contributed by atoms with van der Waals surface area (Å²) >= 11 is 0. The number of nitrogens with zero attached hydrogens (tertiary/aromatic N) is 3. The van der Waals surface area contributed by atoms with Crippen molar-refractivity contribution in [2.24, 2.45) is 12.8 Å². The minimum atomic E-state index is 0.0150. The van der Waals surface area contributed by atoms with Gasteiger partial charge < -0.3 is 5.73 Å². The van der Waals surface area contributed by atoms with Crippen molar-refractivity contribution < 1.29 is 0 Å². The molecule has 62 valence electrons. The number of hydrogen-bond donors (Lipinski definition) is 1. The molecule has 0 aromatic carbocycles. The van der Waals surface area contributed by atoms with Gasteiger partial charge in [0.2, 0.25) is 0 Å². The molecule has 0 spiro atoms. The smallest absolute Gasteiger partial charge is 0.147 e. The van der Waals surface area contributed by atoms with Crippen LogP contribution in [0.15, 0.2) is 0 Å². The second-order valence-electron chi connectivity index (χ2n) is 2.66. The molecular formula is C7H14N4. The van der Waals surface area contributed by atoms with E-state index >= 15 is 0 Å². The molecule has 1 heterocycles. The third kappa shape index (κ3) is 1.57. The Morgan fingerprint density at radius 1 is 1.64 bits per heavy atom. The van der Waals surface area contributed by atoms with Crippen LogP contribution in [-0.4, -0.2) is 14.8 Å². The van der Waals surface area contributed by atoms with Crippen molar-refractivity contribution in [1.29, 1.82) is 0 Å². The maximum absolute atomic E-state index is 5.79. The Labute approximate surface area is 66.4 Å². The average Bonchev–Trinajstić information content (AvgIpc) is 2.28. The van der Waals surface area contributed by atoms with Crippen LogP contribution in [0.25, 0.3) is 0 Å². The fourth-order valence-corrected chi connectivity index (χ4v) is 1.03. The van der Waals surface area contributed by atoms with Crippen LogP contribution in [0, 0.1) is 6.92 Å². The van der Waals surface area contributed by atoms with Crippen molar-refractivity contribution in [1.82, 2.24) is 14.8 Å². The fourth-order valence-electron chi connectivity index (χ4n) is 1.03. The molecule has 0 amide bonds. The van der Waals surface area contributed by atoms with Crippen molar-refractivity contribution in [2.75, 3.05) is 0 Å². The van der Waals surface area contributed by atoms with Gasteiger partial charge in [0.15, 0.2) is 0 Å². The zero-order valence-electron chi connectivity index (χ0n) is 7.20. The first-order valence-corrected chi connectivity index (χ1v) is 3.78. The van der Waals surface area contributed by atoms with Crippen LogP contribution in [0.2, 0.25) is 0 Å². The highest BCUT2D eigenvalue weighted by Gasteiger charge is 2.10. The normalized spacial score (nSPS) is 13.5. The van der Waals surface area contributed by atoms with Gasteiger partial charge in [0.1, 0.15) is 11.6 Å². The lowest BCUT2D eigenvalue weighted by Crippen LogP contribution is -2.14. The highest BCUT2D eigenvalue weighted by Crippen LogP contribution is 2.09. The van der Waals surface area contributed by atoms with Crippen LogP contribution >= 0.6 is 0 Å². The van der Waals surface area contributed by atoms with E-state index in [4.69, 9.17) is 5.73 Å². The Kier molecular flexibility index (Phi) is 2.24. The highest BCUT2D eigenvalue weighted by atomic mass is 15.3. The standard InChI is InChI=1S/C7H14N4/c1-4-6(8)7-9-5(2)10-11(7)3/h6H,4,8H2,1-3H3. The van der Waals surface area contributed by atoms with Gasteiger partial charge in [-0.2, -0.15) is 5.10 Å². The molecule has 1 aromatic rings. The van der Waals surface area contributed by atoms with Crippen LogP contribution in [0.3, 0.4) is 0 Å². The number of aromatic nitrogens is 3. The quantitative estimate of drug-likeness (QED) is 0.676. The zero-order chi connectivity index (χ0) is 8.43. The summed E-state index contributed by atoms with van der Waals surface area (Å²) in [5, 5.41) is 4.11. The maximum atomic E-state index is 5.79. The second kappa shape index (κ2) is 3.00. The van der Waals surface area contributed by atoms with E-state index in [-0.39, 0.29) is 6.04 Å². The highest BCUT2D eigenvalue weighted by molar-refractivity contribution is 4.95. The molecule has 1 atom stereocenters. The van der Waals surface area contributed by atoms with Crippen molar-refractivity contribution in [3.63, 3.8) is 0 Å². The van der Waals surface area contributed by atoms with E-state index in [1.54, 1.807) is 4.68 Å². The summed E-state index contributed by atoms with van der Waals surface area (Å²) in [5.74, 6) is 1.65. The fraction of sp³-hybridized carbons (Fsp3) is 0.714. The average molecular weight is 154 g/mol. The lowest BCUT2D eigenvalue weighted by atomic mass is 10.2. The van der Waals surface area contributed by atoms with Gasteiger partial charge in [0, 0.05) is 7.05 Å². The topological polar surface area (TPSA) is 56.7 Å². The van der Waals surface area contributed by atoms with Crippen molar-refractivity contribution in [2.45, 2.75) is 26.3 Å². The van der Waals surface area contributed by atoms with Crippen LogP contribution in [0.5, 0.6) is 0 Å². The summed E-state index contributed by atoms with van der Waals surface area (Å²) in [6.45, 7) is 3.90. The number of aryl methyl sites for hydroxylation is 2. The summed E-state index contributed by atoms with van der Waals surface area (Å²) in [7, 11) is 1.87. The van der Waals surface area contributed by atoms with E-state index in [0.717, 1.165) is 18.1 Å². The molecule has 0 aliphatic heterocycles. The van der Waals surface area contributed by atoms with Crippen molar-refractivity contribution in [3.8, 4) is 0 Å². The molecule has 1 unspecified atom stereocenters. The van der Waals surface area contributed by atoms with Gasteiger partial charge in [-0.1, -0.05) is 6.92 Å². The molecule has 0 aliphatic rings. The lowest BCUT2D eigenvalue weighted by Gasteiger charge is -2.05. The van der Waals surface area contributed by atoms with Gasteiger partial charge in [-0.15, -0.1) is 0 Å². The van der Waals surface area contributed by atoms with E-state index in [0.29, 0.717) is 0 Å². The van der Waals surface area contributed by atoms with E-state index in [9.17, 15) is 0 Å². The van der Waals surface area contributed by atoms with Crippen molar-refractivity contribution >= 4 is 0 Å². The SMILES string of the molecule is CCC(N)c1nc(C)nn1C. The number of rotatable bonds is 2. The Balaban J connectivity index is 2.93. The van der Waals surface area contributed by atoms with Crippen LogP contribution in [-0.2, 0) is 7.05 Å². The second-order valence-corrected chi connectivity index (χ2v) is 2.66. The molecule has 1 rings (SSSR count). The summed E-state index contributed by atoms with van der Waals surface area (Å²) < 4.78 is 1.74. The third-order valence-electron chi connectivity index (χ3n) is 1.67. The molecule has 0 saturated carbocycles. The van der Waals surface area contributed by atoms with Gasteiger partial charge >= 0.3 is 0 Å². The van der Waals surface area contributed by atoms with Gasteiger partial charge in [0.25, 0.3) is 0 Å². The molecule has 11 heavy (non-hydrogen) atoms. The summed E-state index contributed by atoms with van der Waals surface area (Å²) in [6.07, 6.45) is 0.895. The first-order valence-electron chi connectivity index (χ1n) is 3.78. The Hall–Kier alpha value is -0.900. The van der Waals surface area contributed by atoms with Crippen molar-refractivity contribution in [3.05, 3.63) is 11.6 Å². The zero-order valence-corrected chi connectivity index (χ0v) is 7.20. The van der Waals surface area contributed by atoms with Crippen LogP contribution < -0.4 is 5.73 Å². The number of hydrogen-bond acceptors (Lipinski definition) is 3. The molecule has 0 saturated heterocycles. The molecular weight excluding hydrogens is 140 g/mol. The Morgan fingerprint density at radius 2 is 2.27 bits per heavy atom. The molecule has 4 nitrogen and oxygen atoms in total. The van der Waals surface area contributed by atoms with Gasteiger partial charge in [-0.3, -0.25) is 4.68 Å². The molecule has 0 aliphatic carbocycles. The van der Waals surface area contributed by atoms with E-state index in [1.807, 2.05) is 20.9 Å². The van der Waals surface area contributed by atoms with E-state index in [2.05, 4.69) is 10.1 Å². The Bertz CT molecular complexity index is 241. The van der Waals surface area contributed by atoms with Crippen LogP contribution in [0.1, 0.15) is 31.0 Å². The predicted octanol–water partition coefficient (Wildman–Crippen LogP) is 0.533. The summed E-state index contributed by atoms with van der Waals surface area (Å²) in [4.78, 5) is 4.21. The lowest BCUT2D eigenvalue weighted by molar-refractivity contribution is 0.590. The van der Waals surface area contributed by atoms with Gasteiger partial charge in [-0.25, -0.2) is 4.98 Å². The molecule has 0 fully saturated rings. The monoisotopic (exact) mass is 154 g/mol. The minimum Gasteiger partial charge on any atom is -0.321 e. The Morgan fingerprint density at radius 3 is 2.64 bits per heavy atom. The largest absolute Gasteiger partial charge is 0.321 e.